The van der Waals surface area contributed by atoms with E-state index in [-0.39, 0.29) is 0 Å². The molecule has 101 valence electrons. The smallest absolute Gasteiger partial charge is 0.331 e. The summed E-state index contributed by atoms with van der Waals surface area (Å²) in [6.07, 6.45) is 2.03. The summed E-state index contributed by atoms with van der Waals surface area (Å²) < 4.78 is 7.89. The Morgan fingerprint density at radius 2 is 1.84 bits per heavy atom. The van der Waals surface area contributed by atoms with Crippen molar-refractivity contribution in [2.45, 2.75) is 38.9 Å². The van der Waals surface area contributed by atoms with E-state index in [1.807, 2.05) is 39.2 Å². The van der Waals surface area contributed by atoms with Gasteiger partial charge in [-0.1, -0.05) is 12.1 Å². The third-order valence-electron chi connectivity index (χ3n) is 3.92. The molecule has 0 aliphatic carbocycles. The van der Waals surface area contributed by atoms with Crippen molar-refractivity contribution < 1.29 is 9.76 Å². The molecule has 0 atom stereocenters. The Hall–Kier alpha value is -1.26. The maximum absolute atomic E-state index is 10.1. The van der Waals surface area contributed by atoms with Gasteiger partial charge in [0, 0.05) is 18.8 Å². The molecule has 1 radical (unpaired) electrons. The summed E-state index contributed by atoms with van der Waals surface area (Å²) in [5, 5.41) is 11.2. The number of hydrogen-bond acceptors (Lipinski definition) is 2. The monoisotopic (exact) mass is 258 g/mol. The minimum absolute atomic E-state index is 0.649. The lowest BCUT2D eigenvalue weighted by molar-refractivity contribution is -0.0893. The van der Waals surface area contributed by atoms with Gasteiger partial charge in [-0.25, -0.2) is 0 Å². The van der Waals surface area contributed by atoms with Crippen LogP contribution < -0.4 is 5.46 Å². The molecule has 0 saturated heterocycles. The maximum Gasteiger partial charge on any atom is 0.331 e. The van der Waals surface area contributed by atoms with E-state index in [1.54, 1.807) is 21.3 Å². The third kappa shape index (κ3) is 2.70. The Balaban J connectivity index is 2.23. The van der Waals surface area contributed by atoms with Crippen LogP contribution >= 0.6 is 0 Å². The van der Waals surface area contributed by atoms with Gasteiger partial charge in [0.25, 0.3) is 0 Å². The van der Waals surface area contributed by atoms with E-state index in [2.05, 4.69) is 16.7 Å². The third-order valence-corrected chi connectivity index (χ3v) is 3.92. The number of aryl methyl sites for hydroxylation is 1. The zero-order valence-corrected chi connectivity index (χ0v) is 12.3. The standard InChI is InChI=1S/C15H21BNO2/c1-14(2,18)15(3,4)19-16-12-7-6-8-13-11(12)9-10-17(13)5/h6-10,18H,1-5H3. The molecule has 19 heavy (non-hydrogen) atoms. The van der Waals surface area contributed by atoms with Crippen LogP contribution in [0.1, 0.15) is 27.7 Å². The average molecular weight is 258 g/mol. The van der Waals surface area contributed by atoms with Gasteiger partial charge in [0.15, 0.2) is 0 Å². The summed E-state index contributed by atoms with van der Waals surface area (Å²) in [6.45, 7) is 7.27. The molecule has 0 fully saturated rings. The highest BCUT2D eigenvalue weighted by atomic mass is 16.5. The Labute approximate surface area is 115 Å². The molecule has 1 aromatic carbocycles. The van der Waals surface area contributed by atoms with Crippen molar-refractivity contribution in [1.82, 2.24) is 4.57 Å². The molecular weight excluding hydrogens is 237 g/mol. The van der Waals surface area contributed by atoms with E-state index < -0.39 is 11.2 Å². The van der Waals surface area contributed by atoms with E-state index in [0.717, 1.165) is 10.8 Å². The second kappa shape index (κ2) is 4.69. The first kappa shape index (κ1) is 14.2. The molecule has 0 unspecified atom stereocenters. The number of aromatic nitrogens is 1. The van der Waals surface area contributed by atoms with E-state index in [1.165, 1.54) is 5.52 Å². The van der Waals surface area contributed by atoms with Gasteiger partial charge in [0.05, 0.1) is 11.2 Å². The molecule has 1 aromatic heterocycles. The topological polar surface area (TPSA) is 34.4 Å². The first-order valence-corrected chi connectivity index (χ1v) is 6.50. The van der Waals surface area contributed by atoms with Crippen LogP contribution in [0.5, 0.6) is 0 Å². The van der Waals surface area contributed by atoms with Gasteiger partial charge >= 0.3 is 7.48 Å². The van der Waals surface area contributed by atoms with Crippen LogP contribution in [0, 0.1) is 0 Å². The van der Waals surface area contributed by atoms with Gasteiger partial charge in [-0.05, 0) is 50.7 Å². The summed E-state index contributed by atoms with van der Waals surface area (Å²) >= 11 is 0. The number of aliphatic hydroxyl groups is 1. The Kier molecular flexibility index (Phi) is 3.50. The van der Waals surface area contributed by atoms with E-state index in [4.69, 9.17) is 4.65 Å². The predicted octanol–water partition coefficient (Wildman–Crippen LogP) is 1.99. The first-order chi connectivity index (χ1) is 8.72. The van der Waals surface area contributed by atoms with Gasteiger partial charge in [0.2, 0.25) is 0 Å². The number of rotatable bonds is 4. The molecule has 2 rings (SSSR count). The van der Waals surface area contributed by atoms with Crippen molar-refractivity contribution in [2.75, 3.05) is 0 Å². The molecule has 0 saturated carbocycles. The van der Waals surface area contributed by atoms with Crippen LogP contribution in [-0.4, -0.2) is 28.4 Å². The summed E-state index contributed by atoms with van der Waals surface area (Å²) in [7, 11) is 3.76. The fourth-order valence-electron chi connectivity index (χ4n) is 1.78. The number of hydrogen-bond donors (Lipinski definition) is 1. The van der Waals surface area contributed by atoms with Crippen molar-refractivity contribution in [3.05, 3.63) is 30.5 Å². The van der Waals surface area contributed by atoms with Gasteiger partial charge in [0.1, 0.15) is 0 Å². The van der Waals surface area contributed by atoms with Crippen molar-refractivity contribution in [2.24, 2.45) is 7.05 Å². The summed E-state index contributed by atoms with van der Waals surface area (Å²) in [4.78, 5) is 0. The van der Waals surface area contributed by atoms with Gasteiger partial charge in [-0.15, -0.1) is 0 Å². The maximum atomic E-state index is 10.1. The Morgan fingerprint density at radius 3 is 2.47 bits per heavy atom. The normalized spacial score (nSPS) is 12.9. The lowest BCUT2D eigenvalue weighted by Gasteiger charge is -2.37. The Bertz CT molecular complexity index is 581. The molecule has 0 bridgehead atoms. The van der Waals surface area contributed by atoms with Gasteiger partial charge in [-0.3, -0.25) is 0 Å². The van der Waals surface area contributed by atoms with Gasteiger partial charge < -0.3 is 14.3 Å². The summed E-state index contributed by atoms with van der Waals surface area (Å²) in [6, 6.07) is 8.17. The minimum Gasteiger partial charge on any atom is -0.427 e. The quantitative estimate of drug-likeness (QED) is 0.851. The van der Waals surface area contributed by atoms with Crippen molar-refractivity contribution in [3.63, 3.8) is 0 Å². The Morgan fingerprint density at radius 1 is 1.16 bits per heavy atom. The van der Waals surface area contributed by atoms with Crippen LogP contribution in [0.4, 0.5) is 0 Å². The van der Waals surface area contributed by atoms with E-state index in [9.17, 15) is 5.11 Å². The lowest BCUT2D eigenvalue weighted by atomic mass is 9.81. The zero-order chi connectivity index (χ0) is 14.3. The molecule has 0 aliphatic heterocycles. The highest BCUT2D eigenvalue weighted by Gasteiger charge is 2.35. The van der Waals surface area contributed by atoms with Crippen LogP contribution in [0.2, 0.25) is 0 Å². The number of nitrogens with zero attached hydrogens (tertiary/aromatic N) is 1. The molecule has 2 aromatic rings. The van der Waals surface area contributed by atoms with Crippen LogP contribution in [0.25, 0.3) is 10.9 Å². The van der Waals surface area contributed by atoms with Crippen LogP contribution in [0.15, 0.2) is 30.5 Å². The molecule has 1 N–H and O–H groups in total. The lowest BCUT2D eigenvalue weighted by Crippen LogP contribution is -2.49. The molecular formula is C15H21BNO2. The minimum atomic E-state index is -0.909. The number of benzene rings is 1. The second-order valence-corrected chi connectivity index (χ2v) is 6.01. The molecule has 1 heterocycles. The molecule has 0 aliphatic rings. The highest BCUT2D eigenvalue weighted by Crippen LogP contribution is 2.24. The van der Waals surface area contributed by atoms with E-state index in [0.29, 0.717) is 0 Å². The largest absolute Gasteiger partial charge is 0.427 e. The predicted molar refractivity (Wildman–Crippen MR) is 79.8 cm³/mol. The second-order valence-electron chi connectivity index (χ2n) is 6.01. The molecule has 0 spiro atoms. The summed E-state index contributed by atoms with van der Waals surface area (Å²) in [5.74, 6) is 0. The average Bonchev–Trinajstić information content (AvgIpc) is 2.68. The summed E-state index contributed by atoms with van der Waals surface area (Å²) in [5.41, 5.74) is 0.631. The number of fused-ring (bicyclic) bond motifs is 1. The van der Waals surface area contributed by atoms with E-state index >= 15 is 0 Å². The molecule has 3 nitrogen and oxygen atoms in total. The fourth-order valence-corrected chi connectivity index (χ4v) is 1.78. The SMILES string of the molecule is Cn1ccc2c([B]OC(C)(C)C(C)(C)O)cccc21. The van der Waals surface area contributed by atoms with Crippen molar-refractivity contribution >= 4 is 23.8 Å². The zero-order valence-electron chi connectivity index (χ0n) is 12.3. The molecule has 4 heteroatoms. The van der Waals surface area contributed by atoms with Crippen molar-refractivity contribution in [1.29, 1.82) is 0 Å². The van der Waals surface area contributed by atoms with Crippen LogP contribution in [-0.2, 0) is 11.7 Å². The first-order valence-electron chi connectivity index (χ1n) is 6.50. The fraction of sp³-hybridized carbons (Fsp3) is 0.467. The van der Waals surface area contributed by atoms with Gasteiger partial charge in [-0.2, -0.15) is 0 Å². The molecule has 0 amide bonds. The van der Waals surface area contributed by atoms with Crippen LogP contribution in [0.3, 0.4) is 0 Å². The van der Waals surface area contributed by atoms with Crippen molar-refractivity contribution in [3.8, 4) is 0 Å². The highest BCUT2D eigenvalue weighted by molar-refractivity contribution is 6.51.